The van der Waals surface area contributed by atoms with E-state index in [0.29, 0.717) is 0 Å². The monoisotopic (exact) mass is 207 g/mol. The summed E-state index contributed by atoms with van der Waals surface area (Å²) in [5.41, 5.74) is 0. The summed E-state index contributed by atoms with van der Waals surface area (Å²) in [7, 11) is 1.19. The van der Waals surface area contributed by atoms with Crippen molar-refractivity contribution in [1.82, 2.24) is 5.32 Å². The SMILES string of the molecule is COC(=O)NC(C(=O)SC)C(C)O. The summed E-state index contributed by atoms with van der Waals surface area (Å²) in [6.07, 6.45) is -0.0798. The molecule has 0 saturated carbocycles. The van der Waals surface area contributed by atoms with Gasteiger partial charge in [0.15, 0.2) is 0 Å². The van der Waals surface area contributed by atoms with Gasteiger partial charge < -0.3 is 15.2 Å². The molecule has 0 heterocycles. The summed E-state index contributed by atoms with van der Waals surface area (Å²) in [5, 5.41) is 11.1. The maximum Gasteiger partial charge on any atom is 0.407 e. The fourth-order valence-electron chi connectivity index (χ4n) is 0.689. The van der Waals surface area contributed by atoms with E-state index in [4.69, 9.17) is 5.11 Å². The molecule has 0 aliphatic carbocycles. The maximum atomic E-state index is 11.1. The second-order valence-electron chi connectivity index (χ2n) is 2.38. The average molecular weight is 207 g/mol. The van der Waals surface area contributed by atoms with E-state index < -0.39 is 18.2 Å². The van der Waals surface area contributed by atoms with Crippen molar-refractivity contribution in [2.45, 2.75) is 19.1 Å². The van der Waals surface area contributed by atoms with Crippen molar-refractivity contribution in [1.29, 1.82) is 0 Å². The highest BCUT2D eigenvalue weighted by Crippen LogP contribution is 2.04. The first-order valence-electron chi connectivity index (χ1n) is 3.63. The normalized spacial score (nSPS) is 14.5. The van der Waals surface area contributed by atoms with E-state index in [0.717, 1.165) is 11.8 Å². The molecular weight excluding hydrogens is 194 g/mol. The molecule has 6 heteroatoms. The number of aliphatic hydroxyl groups is 1. The number of ether oxygens (including phenoxy) is 1. The van der Waals surface area contributed by atoms with Crippen molar-refractivity contribution in [3.63, 3.8) is 0 Å². The minimum absolute atomic E-state index is 0.305. The largest absolute Gasteiger partial charge is 0.453 e. The zero-order valence-corrected chi connectivity index (χ0v) is 8.55. The Morgan fingerprint density at radius 3 is 2.38 bits per heavy atom. The van der Waals surface area contributed by atoms with Crippen molar-refractivity contribution >= 4 is 23.0 Å². The Hall–Kier alpha value is -0.750. The van der Waals surface area contributed by atoms with E-state index in [1.54, 1.807) is 6.26 Å². The van der Waals surface area contributed by atoms with E-state index in [1.165, 1.54) is 14.0 Å². The van der Waals surface area contributed by atoms with Gasteiger partial charge in [-0.3, -0.25) is 4.79 Å². The van der Waals surface area contributed by atoms with Crippen LogP contribution in [-0.2, 0) is 9.53 Å². The van der Waals surface area contributed by atoms with Crippen LogP contribution in [0.4, 0.5) is 4.79 Å². The van der Waals surface area contributed by atoms with Gasteiger partial charge >= 0.3 is 6.09 Å². The van der Waals surface area contributed by atoms with Gasteiger partial charge in [-0.05, 0) is 13.2 Å². The van der Waals surface area contributed by atoms with E-state index in [1.807, 2.05) is 0 Å². The van der Waals surface area contributed by atoms with Gasteiger partial charge in [0.2, 0.25) is 5.12 Å². The van der Waals surface area contributed by atoms with Crippen molar-refractivity contribution in [3.8, 4) is 0 Å². The van der Waals surface area contributed by atoms with Crippen LogP contribution in [0.2, 0.25) is 0 Å². The highest BCUT2D eigenvalue weighted by Gasteiger charge is 2.24. The molecule has 13 heavy (non-hydrogen) atoms. The number of aliphatic hydroxyl groups excluding tert-OH is 1. The molecule has 0 spiro atoms. The summed E-state index contributed by atoms with van der Waals surface area (Å²) >= 11 is 0.945. The standard InChI is InChI=1S/C7H13NO4S/c1-4(9)5(6(10)13-3)8-7(11)12-2/h4-5,9H,1-3H3,(H,8,11). The van der Waals surface area contributed by atoms with Gasteiger partial charge in [-0.15, -0.1) is 0 Å². The molecule has 2 N–H and O–H groups in total. The number of nitrogens with one attached hydrogen (secondary N) is 1. The van der Waals surface area contributed by atoms with Gasteiger partial charge in [-0.2, -0.15) is 0 Å². The molecule has 0 bridgehead atoms. The molecule has 0 aromatic carbocycles. The van der Waals surface area contributed by atoms with E-state index in [2.05, 4.69) is 10.1 Å². The van der Waals surface area contributed by atoms with Gasteiger partial charge in [0.1, 0.15) is 6.04 Å². The molecule has 2 atom stereocenters. The first-order chi connectivity index (χ1) is 6.02. The fraction of sp³-hybridized carbons (Fsp3) is 0.714. The average Bonchev–Trinajstić information content (AvgIpc) is 2.11. The Kier molecular flexibility index (Phi) is 5.48. The molecule has 0 aliphatic rings. The van der Waals surface area contributed by atoms with E-state index in [9.17, 15) is 9.59 Å². The lowest BCUT2D eigenvalue weighted by molar-refractivity contribution is -0.114. The van der Waals surface area contributed by atoms with Crippen LogP contribution in [0.1, 0.15) is 6.92 Å². The predicted octanol–water partition coefficient (Wildman–Crippen LogP) is -0.0186. The minimum atomic E-state index is -0.931. The van der Waals surface area contributed by atoms with Crippen LogP contribution in [0.25, 0.3) is 0 Å². The van der Waals surface area contributed by atoms with Crippen LogP contribution < -0.4 is 5.32 Å². The number of rotatable bonds is 3. The number of methoxy groups -OCH3 is 1. The topological polar surface area (TPSA) is 75.6 Å². The molecule has 0 saturated heterocycles. The Labute approximate surface area is 80.8 Å². The molecule has 0 aromatic rings. The van der Waals surface area contributed by atoms with Crippen LogP contribution >= 0.6 is 11.8 Å². The highest BCUT2D eigenvalue weighted by molar-refractivity contribution is 8.13. The summed E-state index contributed by atoms with van der Waals surface area (Å²) in [6.45, 7) is 1.43. The lowest BCUT2D eigenvalue weighted by atomic mass is 10.2. The molecule has 0 aromatic heterocycles. The molecule has 76 valence electrons. The van der Waals surface area contributed by atoms with Gasteiger partial charge in [0.05, 0.1) is 13.2 Å². The van der Waals surface area contributed by atoms with E-state index >= 15 is 0 Å². The Morgan fingerprint density at radius 2 is 2.08 bits per heavy atom. The van der Waals surface area contributed by atoms with Crippen molar-refractivity contribution in [3.05, 3.63) is 0 Å². The van der Waals surface area contributed by atoms with Gasteiger partial charge in [0, 0.05) is 0 Å². The molecule has 1 amide bonds. The summed E-state index contributed by atoms with van der Waals surface area (Å²) in [6, 6.07) is -0.914. The number of hydrogen-bond acceptors (Lipinski definition) is 5. The first-order valence-corrected chi connectivity index (χ1v) is 4.85. The summed E-state index contributed by atoms with van der Waals surface area (Å²) in [4.78, 5) is 21.9. The molecule has 2 unspecified atom stereocenters. The zero-order chi connectivity index (χ0) is 10.4. The molecule has 0 rings (SSSR count). The third-order valence-electron chi connectivity index (χ3n) is 1.40. The van der Waals surface area contributed by atoms with Gasteiger partial charge in [0.25, 0.3) is 0 Å². The molecule has 0 fully saturated rings. The number of alkyl carbamates (subject to hydrolysis) is 1. The van der Waals surface area contributed by atoms with Crippen molar-refractivity contribution < 1.29 is 19.4 Å². The van der Waals surface area contributed by atoms with Crippen LogP contribution in [0.5, 0.6) is 0 Å². The molecule has 5 nitrogen and oxygen atoms in total. The van der Waals surface area contributed by atoms with Gasteiger partial charge in [-0.1, -0.05) is 11.8 Å². The second-order valence-corrected chi connectivity index (χ2v) is 3.19. The van der Waals surface area contributed by atoms with Crippen LogP contribution in [0, 0.1) is 0 Å². The van der Waals surface area contributed by atoms with Crippen molar-refractivity contribution in [2.24, 2.45) is 0 Å². The number of carbonyl (C=O) groups excluding carboxylic acids is 2. The highest BCUT2D eigenvalue weighted by atomic mass is 32.2. The van der Waals surface area contributed by atoms with Gasteiger partial charge in [-0.25, -0.2) is 4.79 Å². The lowest BCUT2D eigenvalue weighted by Crippen LogP contribution is -2.46. The van der Waals surface area contributed by atoms with Crippen LogP contribution in [-0.4, -0.2) is 41.8 Å². The molecule has 0 aliphatic heterocycles. The Bertz CT molecular complexity index is 195. The number of amides is 1. The number of hydrogen-bond donors (Lipinski definition) is 2. The zero-order valence-electron chi connectivity index (χ0n) is 7.73. The van der Waals surface area contributed by atoms with Crippen molar-refractivity contribution in [2.75, 3.05) is 13.4 Å². The molecular formula is C7H13NO4S. The predicted molar refractivity (Wildman–Crippen MR) is 49.5 cm³/mol. The first kappa shape index (κ1) is 12.2. The lowest BCUT2D eigenvalue weighted by Gasteiger charge is -2.17. The number of carbonyl (C=O) groups is 2. The van der Waals surface area contributed by atoms with Crippen LogP contribution in [0.15, 0.2) is 0 Å². The van der Waals surface area contributed by atoms with E-state index in [-0.39, 0.29) is 5.12 Å². The second kappa shape index (κ2) is 5.82. The van der Waals surface area contributed by atoms with Crippen LogP contribution in [0.3, 0.4) is 0 Å². The maximum absolute atomic E-state index is 11.1. The Morgan fingerprint density at radius 1 is 1.54 bits per heavy atom. The Balaban J connectivity index is 4.26. The third kappa shape index (κ3) is 4.14. The fourth-order valence-corrected chi connectivity index (χ4v) is 1.20. The summed E-state index contributed by atoms with van der Waals surface area (Å²) in [5.74, 6) is 0. The number of thioether (sulfide) groups is 1. The smallest absolute Gasteiger partial charge is 0.407 e. The quantitative estimate of drug-likeness (QED) is 0.680. The third-order valence-corrected chi connectivity index (χ3v) is 2.05. The summed E-state index contributed by atoms with van der Waals surface area (Å²) < 4.78 is 4.30. The minimum Gasteiger partial charge on any atom is -0.453 e. The molecule has 0 radical (unpaired) electrons.